The molecule has 0 aromatic carbocycles. The smallest absolute Gasteiger partial charge is 0.255 e. The number of rotatable bonds is 4. The standard InChI is InChI=1S/C17H24N4O4S/c22-17(14-3-4-16(18-11-14)19-5-1-2-6-19)20-12-15(13-20)26(23,24)21-7-9-25-10-8-21/h3-4,11,15H,1-2,5-10,12-13H2. The van der Waals surface area contributed by atoms with Gasteiger partial charge in [0.05, 0.1) is 18.8 Å². The second-order valence-electron chi connectivity index (χ2n) is 6.99. The number of nitrogens with zero attached hydrogens (tertiary/aromatic N) is 4. The van der Waals surface area contributed by atoms with E-state index >= 15 is 0 Å². The van der Waals surface area contributed by atoms with Crippen LogP contribution in [0.2, 0.25) is 0 Å². The summed E-state index contributed by atoms with van der Waals surface area (Å²) in [5.41, 5.74) is 0.509. The van der Waals surface area contributed by atoms with Crippen LogP contribution in [0, 0.1) is 0 Å². The molecular formula is C17H24N4O4S. The molecule has 4 rings (SSSR count). The van der Waals surface area contributed by atoms with Gasteiger partial charge in [-0.2, -0.15) is 4.31 Å². The summed E-state index contributed by atoms with van der Waals surface area (Å²) < 4.78 is 31.8. The number of aromatic nitrogens is 1. The predicted octanol–water partition coefficient (Wildman–Crippen LogP) is 0.168. The number of morpholine rings is 1. The van der Waals surface area contributed by atoms with Crippen molar-refractivity contribution in [2.45, 2.75) is 18.1 Å². The molecule has 3 fully saturated rings. The zero-order valence-electron chi connectivity index (χ0n) is 14.7. The quantitative estimate of drug-likeness (QED) is 0.740. The molecule has 8 nitrogen and oxygen atoms in total. The van der Waals surface area contributed by atoms with Gasteiger partial charge in [-0.05, 0) is 25.0 Å². The molecule has 0 unspecified atom stereocenters. The van der Waals surface area contributed by atoms with E-state index in [-0.39, 0.29) is 19.0 Å². The van der Waals surface area contributed by atoms with Gasteiger partial charge in [0.1, 0.15) is 11.1 Å². The summed E-state index contributed by atoms with van der Waals surface area (Å²) in [6, 6.07) is 3.66. The molecule has 1 aromatic heterocycles. The Kier molecular flexibility index (Phi) is 4.85. The average molecular weight is 380 g/mol. The molecule has 0 bridgehead atoms. The van der Waals surface area contributed by atoms with Crippen LogP contribution in [0.3, 0.4) is 0 Å². The van der Waals surface area contributed by atoms with Crippen molar-refractivity contribution in [1.82, 2.24) is 14.2 Å². The molecule has 1 aromatic rings. The second-order valence-corrected chi connectivity index (χ2v) is 9.20. The fourth-order valence-electron chi connectivity index (χ4n) is 3.63. The SMILES string of the molecule is O=C(c1ccc(N2CCCC2)nc1)N1CC(S(=O)(=O)N2CCOCC2)C1. The van der Waals surface area contributed by atoms with Gasteiger partial charge in [0.15, 0.2) is 0 Å². The van der Waals surface area contributed by atoms with E-state index in [0.717, 1.165) is 18.9 Å². The third-order valence-electron chi connectivity index (χ3n) is 5.31. The van der Waals surface area contributed by atoms with Crippen LogP contribution in [-0.4, -0.2) is 86.2 Å². The molecule has 4 heterocycles. The molecular weight excluding hydrogens is 356 g/mol. The largest absolute Gasteiger partial charge is 0.379 e. The van der Waals surface area contributed by atoms with E-state index in [0.29, 0.717) is 31.9 Å². The zero-order valence-corrected chi connectivity index (χ0v) is 15.5. The lowest BCUT2D eigenvalue weighted by Gasteiger charge is -2.41. The van der Waals surface area contributed by atoms with Crippen molar-refractivity contribution in [2.75, 3.05) is 57.4 Å². The Morgan fingerprint density at radius 1 is 1.08 bits per heavy atom. The normalized spacial score (nSPS) is 22.5. The number of carbonyl (C=O) groups excluding carboxylic acids is 1. The van der Waals surface area contributed by atoms with Crippen molar-refractivity contribution in [1.29, 1.82) is 0 Å². The van der Waals surface area contributed by atoms with Gasteiger partial charge in [0.2, 0.25) is 10.0 Å². The van der Waals surface area contributed by atoms with Crippen molar-refractivity contribution < 1.29 is 17.9 Å². The number of anilines is 1. The van der Waals surface area contributed by atoms with Gasteiger partial charge in [0, 0.05) is 45.5 Å². The Morgan fingerprint density at radius 2 is 1.77 bits per heavy atom. The molecule has 0 radical (unpaired) electrons. The van der Waals surface area contributed by atoms with E-state index in [1.54, 1.807) is 17.2 Å². The maximum atomic E-state index is 12.6. The average Bonchev–Trinajstić information content (AvgIpc) is 3.16. The minimum absolute atomic E-state index is 0.154. The van der Waals surface area contributed by atoms with Gasteiger partial charge in [-0.15, -0.1) is 0 Å². The van der Waals surface area contributed by atoms with Crippen molar-refractivity contribution >= 4 is 21.7 Å². The first-order valence-corrected chi connectivity index (χ1v) is 10.6. The summed E-state index contributed by atoms with van der Waals surface area (Å²) in [7, 11) is -3.35. The molecule has 26 heavy (non-hydrogen) atoms. The van der Waals surface area contributed by atoms with Gasteiger partial charge < -0.3 is 14.5 Å². The molecule has 142 valence electrons. The van der Waals surface area contributed by atoms with E-state index in [4.69, 9.17) is 4.74 Å². The van der Waals surface area contributed by atoms with Crippen LogP contribution < -0.4 is 4.90 Å². The van der Waals surface area contributed by atoms with Crippen LogP contribution in [-0.2, 0) is 14.8 Å². The molecule has 3 saturated heterocycles. The number of carbonyl (C=O) groups is 1. The van der Waals surface area contributed by atoms with Gasteiger partial charge in [0.25, 0.3) is 5.91 Å². The third kappa shape index (κ3) is 3.30. The van der Waals surface area contributed by atoms with E-state index in [1.165, 1.54) is 17.1 Å². The fourth-order valence-corrected chi connectivity index (χ4v) is 5.45. The Balaban J connectivity index is 1.35. The Morgan fingerprint density at radius 3 is 2.38 bits per heavy atom. The predicted molar refractivity (Wildman–Crippen MR) is 96.7 cm³/mol. The fraction of sp³-hybridized carbons (Fsp3) is 0.647. The maximum Gasteiger partial charge on any atom is 0.255 e. The van der Waals surface area contributed by atoms with Crippen molar-refractivity contribution in [3.05, 3.63) is 23.9 Å². The lowest BCUT2D eigenvalue weighted by Crippen LogP contribution is -2.60. The first kappa shape index (κ1) is 17.7. The van der Waals surface area contributed by atoms with Gasteiger partial charge >= 0.3 is 0 Å². The molecule has 0 N–H and O–H groups in total. The Hall–Kier alpha value is -1.71. The highest BCUT2D eigenvalue weighted by molar-refractivity contribution is 7.89. The number of likely N-dealkylation sites (tertiary alicyclic amines) is 1. The molecule has 1 amide bonds. The highest BCUT2D eigenvalue weighted by Crippen LogP contribution is 2.24. The van der Waals surface area contributed by atoms with E-state index < -0.39 is 15.3 Å². The summed E-state index contributed by atoms with van der Waals surface area (Å²) in [6.07, 6.45) is 3.95. The number of hydrogen-bond acceptors (Lipinski definition) is 6. The van der Waals surface area contributed by atoms with Crippen LogP contribution in [0.4, 0.5) is 5.82 Å². The highest BCUT2D eigenvalue weighted by atomic mass is 32.2. The molecule has 3 aliphatic rings. The molecule has 0 saturated carbocycles. The molecule has 0 aliphatic carbocycles. The topological polar surface area (TPSA) is 83.1 Å². The zero-order chi connectivity index (χ0) is 18.1. The number of hydrogen-bond donors (Lipinski definition) is 0. The van der Waals surface area contributed by atoms with Crippen molar-refractivity contribution in [2.24, 2.45) is 0 Å². The van der Waals surface area contributed by atoms with Crippen molar-refractivity contribution in [3.63, 3.8) is 0 Å². The molecule has 0 spiro atoms. The molecule has 3 aliphatic heterocycles. The van der Waals surface area contributed by atoms with Gasteiger partial charge in [-0.1, -0.05) is 0 Å². The lowest BCUT2D eigenvalue weighted by molar-refractivity contribution is 0.0616. The van der Waals surface area contributed by atoms with Crippen LogP contribution >= 0.6 is 0 Å². The number of ether oxygens (including phenoxy) is 1. The summed E-state index contributed by atoms with van der Waals surface area (Å²) in [6.45, 7) is 4.16. The Labute approximate surface area is 153 Å². The van der Waals surface area contributed by atoms with Crippen LogP contribution in [0.5, 0.6) is 0 Å². The maximum absolute atomic E-state index is 12.6. The van der Waals surface area contributed by atoms with Gasteiger partial charge in [-0.3, -0.25) is 4.79 Å². The first-order valence-electron chi connectivity index (χ1n) is 9.13. The summed E-state index contributed by atoms with van der Waals surface area (Å²) in [5, 5.41) is -0.513. The number of amides is 1. The monoisotopic (exact) mass is 380 g/mol. The number of sulfonamides is 1. The van der Waals surface area contributed by atoms with Crippen molar-refractivity contribution in [3.8, 4) is 0 Å². The van der Waals surface area contributed by atoms with Gasteiger partial charge in [-0.25, -0.2) is 13.4 Å². The summed E-state index contributed by atoms with van der Waals surface area (Å²) in [5.74, 6) is 0.745. The number of pyridine rings is 1. The second kappa shape index (κ2) is 7.13. The van der Waals surface area contributed by atoms with Crippen LogP contribution in [0.1, 0.15) is 23.2 Å². The third-order valence-corrected chi connectivity index (χ3v) is 7.54. The minimum atomic E-state index is -3.35. The summed E-state index contributed by atoms with van der Waals surface area (Å²) in [4.78, 5) is 20.7. The summed E-state index contributed by atoms with van der Waals surface area (Å²) >= 11 is 0. The van der Waals surface area contributed by atoms with E-state index in [2.05, 4.69) is 9.88 Å². The first-order chi connectivity index (χ1) is 12.6. The van der Waals surface area contributed by atoms with E-state index in [1.807, 2.05) is 6.07 Å². The lowest BCUT2D eigenvalue weighted by atomic mass is 10.1. The highest BCUT2D eigenvalue weighted by Gasteiger charge is 2.43. The van der Waals surface area contributed by atoms with Crippen LogP contribution in [0.15, 0.2) is 18.3 Å². The molecule has 9 heteroatoms. The van der Waals surface area contributed by atoms with Crippen LogP contribution in [0.25, 0.3) is 0 Å². The minimum Gasteiger partial charge on any atom is -0.379 e. The Bertz CT molecular complexity index is 749. The molecule has 0 atom stereocenters. The van der Waals surface area contributed by atoms with E-state index in [9.17, 15) is 13.2 Å².